The van der Waals surface area contributed by atoms with Gasteiger partial charge in [0.2, 0.25) is 0 Å². The highest BCUT2D eigenvalue weighted by molar-refractivity contribution is 7.83. The minimum Gasteiger partial charge on any atom is -0.454 e. The summed E-state index contributed by atoms with van der Waals surface area (Å²) in [4.78, 5) is 28.8. The molecule has 1 aliphatic carbocycles. The molecule has 4 rings (SSSR count). The molecule has 9 heteroatoms. The number of nitrogens with one attached hydrogen (secondary N) is 3. The molecule has 2 amide bonds. The van der Waals surface area contributed by atoms with Crippen molar-refractivity contribution in [2.45, 2.75) is 36.6 Å². The predicted octanol–water partition coefficient (Wildman–Crippen LogP) is 3.08. The zero-order chi connectivity index (χ0) is 22.7. The van der Waals surface area contributed by atoms with Gasteiger partial charge in [0.25, 0.3) is 0 Å². The molecule has 8 nitrogen and oxygen atoms in total. The minimum absolute atomic E-state index is 0.149. The lowest BCUT2D eigenvalue weighted by atomic mass is 9.88. The molecule has 0 spiro atoms. The Morgan fingerprint density at radius 3 is 2.84 bits per heavy atom. The number of carbonyl (C=O) groups is 2. The lowest BCUT2D eigenvalue weighted by Crippen LogP contribution is -2.56. The highest BCUT2D eigenvalue weighted by Crippen LogP contribution is 2.34. The van der Waals surface area contributed by atoms with Gasteiger partial charge in [-0.05, 0) is 44.0 Å². The zero-order valence-electron chi connectivity index (χ0n) is 18.0. The smallest absolute Gasteiger partial charge is 0.315 e. The Kier molecular flexibility index (Phi) is 6.38. The molecule has 1 aromatic carbocycles. The van der Waals surface area contributed by atoms with Crippen molar-refractivity contribution in [1.29, 1.82) is 0 Å². The molecule has 3 N–H and O–H groups in total. The van der Waals surface area contributed by atoms with E-state index in [-0.39, 0.29) is 5.92 Å². The summed E-state index contributed by atoms with van der Waals surface area (Å²) < 4.78 is 21.8. The topological polar surface area (TPSA) is 113 Å². The summed E-state index contributed by atoms with van der Waals surface area (Å²) in [6.45, 7) is 2.14. The fraction of sp³-hybridized carbons (Fsp3) is 0.348. The summed E-state index contributed by atoms with van der Waals surface area (Å²) >= 11 is 0. The number of nitrogens with zero attached hydrogens (tertiary/aromatic N) is 1. The Morgan fingerprint density at radius 2 is 2.12 bits per heavy atom. The normalized spacial score (nSPS) is 21.4. The van der Waals surface area contributed by atoms with Crippen LogP contribution in [0, 0.1) is 12.8 Å². The first-order valence-electron chi connectivity index (χ1n) is 10.5. The molecule has 0 aliphatic heterocycles. The van der Waals surface area contributed by atoms with E-state index in [9.17, 15) is 13.8 Å². The van der Waals surface area contributed by atoms with E-state index in [2.05, 4.69) is 20.3 Å². The van der Waals surface area contributed by atoms with Gasteiger partial charge in [0, 0.05) is 24.9 Å². The zero-order valence-corrected chi connectivity index (χ0v) is 18.8. The molecule has 1 fully saturated rings. The van der Waals surface area contributed by atoms with Gasteiger partial charge in [0.05, 0.1) is 10.6 Å². The predicted molar refractivity (Wildman–Crippen MR) is 122 cm³/mol. The fourth-order valence-corrected chi connectivity index (χ4v) is 5.27. The van der Waals surface area contributed by atoms with E-state index in [0.717, 1.165) is 30.1 Å². The molecule has 3 aromatic rings. The third kappa shape index (κ3) is 4.31. The number of urea groups is 1. The van der Waals surface area contributed by atoms with Crippen molar-refractivity contribution in [2.75, 3.05) is 13.6 Å². The number of aldehydes is 1. The van der Waals surface area contributed by atoms with Crippen molar-refractivity contribution in [3.8, 4) is 11.5 Å². The van der Waals surface area contributed by atoms with Crippen LogP contribution < -0.4 is 15.4 Å². The van der Waals surface area contributed by atoms with Gasteiger partial charge < -0.3 is 19.8 Å². The minimum atomic E-state index is -1.51. The van der Waals surface area contributed by atoms with E-state index in [1.165, 1.54) is 7.05 Å². The number of carbonyl (C=O) groups excluding carboxylic acids is 2. The van der Waals surface area contributed by atoms with E-state index >= 15 is 0 Å². The molecule has 0 bridgehead atoms. The van der Waals surface area contributed by atoms with Crippen molar-refractivity contribution in [2.24, 2.45) is 5.92 Å². The van der Waals surface area contributed by atoms with Crippen LogP contribution in [0.5, 0.6) is 0 Å². The van der Waals surface area contributed by atoms with Crippen LogP contribution in [0.3, 0.4) is 0 Å². The lowest BCUT2D eigenvalue weighted by molar-refractivity contribution is -0.114. The van der Waals surface area contributed by atoms with Crippen LogP contribution in [0.15, 0.2) is 51.8 Å². The molecule has 32 heavy (non-hydrogen) atoms. The number of furan rings is 1. The molecular formula is C23H26N4O4S. The summed E-state index contributed by atoms with van der Waals surface area (Å²) in [7, 11) is 0.00237. The van der Waals surface area contributed by atoms with E-state index in [1.54, 1.807) is 19.1 Å². The van der Waals surface area contributed by atoms with Crippen molar-refractivity contribution in [3.63, 3.8) is 0 Å². The van der Waals surface area contributed by atoms with Crippen molar-refractivity contribution < 1.29 is 18.2 Å². The molecule has 168 valence electrons. The largest absolute Gasteiger partial charge is 0.454 e. The Labute approximate surface area is 188 Å². The second-order valence-electron chi connectivity index (χ2n) is 8.00. The van der Waals surface area contributed by atoms with Gasteiger partial charge in [-0.1, -0.05) is 24.6 Å². The molecule has 2 aromatic heterocycles. The quantitative estimate of drug-likeness (QED) is 0.475. The maximum absolute atomic E-state index is 12.9. The third-order valence-electron chi connectivity index (χ3n) is 6.03. The highest BCUT2D eigenvalue weighted by atomic mass is 32.2. The Bertz CT molecular complexity index is 1140. The first-order valence-corrected chi connectivity index (χ1v) is 11.7. The summed E-state index contributed by atoms with van der Waals surface area (Å²) in [5.41, 5.74) is 1.14. The molecular weight excluding hydrogens is 428 g/mol. The van der Waals surface area contributed by atoms with Crippen LogP contribution in [0.1, 0.15) is 25.0 Å². The maximum Gasteiger partial charge on any atom is 0.315 e. The number of amides is 2. The number of aromatic nitrogens is 1. The van der Waals surface area contributed by atoms with Gasteiger partial charge in [-0.15, -0.1) is 0 Å². The molecule has 2 heterocycles. The monoisotopic (exact) mass is 454 g/mol. The van der Waals surface area contributed by atoms with E-state index in [0.29, 0.717) is 35.0 Å². The number of pyridine rings is 1. The van der Waals surface area contributed by atoms with Crippen molar-refractivity contribution in [3.05, 3.63) is 48.2 Å². The van der Waals surface area contributed by atoms with E-state index in [1.807, 2.05) is 30.3 Å². The molecule has 3 unspecified atom stereocenters. The lowest BCUT2D eigenvalue weighted by Gasteiger charge is -2.31. The number of para-hydroxylation sites is 1. The van der Waals surface area contributed by atoms with Crippen LogP contribution in [0.4, 0.5) is 4.79 Å². The van der Waals surface area contributed by atoms with E-state index < -0.39 is 22.6 Å². The average molecular weight is 455 g/mol. The van der Waals surface area contributed by atoms with Gasteiger partial charge in [-0.25, -0.2) is 18.7 Å². The summed E-state index contributed by atoms with van der Waals surface area (Å²) in [6, 6.07) is 12.9. The average Bonchev–Trinajstić information content (AvgIpc) is 3.41. The molecule has 3 atom stereocenters. The Morgan fingerprint density at radius 1 is 1.31 bits per heavy atom. The van der Waals surface area contributed by atoms with Gasteiger partial charge in [-0.2, -0.15) is 0 Å². The van der Waals surface area contributed by atoms with Gasteiger partial charge in [-0.3, -0.25) is 0 Å². The van der Waals surface area contributed by atoms with Crippen molar-refractivity contribution in [1.82, 2.24) is 20.3 Å². The van der Waals surface area contributed by atoms with Gasteiger partial charge >= 0.3 is 6.03 Å². The number of aryl methyl sites for hydroxylation is 1. The number of hydrogen-bond donors (Lipinski definition) is 3. The Hall–Kier alpha value is -3.04. The standard InChI is InChI=1S/C23H26N4O4S/c1-15-21(10-9-18(26-15)20-12-16-6-3-4-8-19(16)31-20)32(30)25-13-17-7-5-11-23(17,14-28)27-22(29)24-2/h3-4,6,8-10,12,14,17,25H,5,7,11,13H2,1-2H3,(H2,24,27,29). The van der Waals surface area contributed by atoms with Crippen LogP contribution in [-0.2, 0) is 15.8 Å². The fourth-order valence-electron chi connectivity index (χ4n) is 4.25. The Balaban J connectivity index is 1.46. The van der Waals surface area contributed by atoms with Crippen LogP contribution in [0.2, 0.25) is 0 Å². The molecule has 0 saturated heterocycles. The summed E-state index contributed by atoms with van der Waals surface area (Å²) in [5, 5.41) is 6.26. The van der Waals surface area contributed by atoms with Crippen molar-refractivity contribution >= 4 is 34.3 Å². The second-order valence-corrected chi connectivity index (χ2v) is 9.26. The van der Waals surface area contributed by atoms with Crippen LogP contribution in [0.25, 0.3) is 22.4 Å². The first kappa shape index (κ1) is 22.2. The van der Waals surface area contributed by atoms with Crippen LogP contribution in [-0.4, -0.2) is 40.6 Å². The van der Waals surface area contributed by atoms with Gasteiger partial charge in [0.1, 0.15) is 34.1 Å². The SMILES string of the molecule is CNC(=O)NC1(C=O)CCCC1CNS(=O)c1ccc(-c2cc3ccccc3o2)nc1C. The van der Waals surface area contributed by atoms with Gasteiger partial charge in [0.15, 0.2) is 5.76 Å². The van der Waals surface area contributed by atoms with E-state index in [4.69, 9.17) is 4.42 Å². The summed E-state index contributed by atoms with van der Waals surface area (Å²) in [5.74, 6) is 0.505. The van der Waals surface area contributed by atoms with Crippen LogP contribution >= 0.6 is 0 Å². The second kappa shape index (κ2) is 9.22. The third-order valence-corrected chi connectivity index (χ3v) is 7.29. The number of hydrogen-bond acceptors (Lipinski definition) is 5. The summed E-state index contributed by atoms with van der Waals surface area (Å²) in [6.07, 6.45) is 2.94. The molecule has 1 saturated carbocycles. The maximum atomic E-state index is 12.9. The molecule has 0 radical (unpaired) electrons. The number of fused-ring (bicyclic) bond motifs is 1. The molecule has 1 aliphatic rings. The number of rotatable bonds is 7. The number of benzene rings is 1. The first-order chi connectivity index (χ1) is 15.5. The highest BCUT2D eigenvalue weighted by Gasteiger charge is 2.44.